The predicted octanol–water partition coefficient (Wildman–Crippen LogP) is 1.42. The van der Waals surface area contributed by atoms with E-state index in [-0.39, 0.29) is 12.2 Å². The first-order valence-corrected chi connectivity index (χ1v) is 3.54. The minimum atomic E-state index is -0.771. The van der Waals surface area contributed by atoms with Crippen molar-refractivity contribution in [3.8, 4) is 5.75 Å². The van der Waals surface area contributed by atoms with E-state index < -0.39 is 4.84 Å². The lowest BCUT2D eigenvalue weighted by molar-refractivity contribution is -0.120. The molecule has 1 N–H and O–H groups in total. The van der Waals surface area contributed by atoms with Crippen molar-refractivity contribution in [2.45, 2.75) is 4.84 Å². The number of H-pyrrole nitrogens is 1. The average Bonchev–Trinajstić information content (AvgIpc) is 2.36. The number of ether oxygens (including phenoxy) is 1. The Balaban J connectivity index is 2.86. The standard InChI is InChI=1S/C5H4Cl2N2O2/c6-5(7)4-3(11-2-10)1-8-9-4/h1-2,5H,(H,8,9). The monoisotopic (exact) mass is 194 g/mol. The molecule has 0 aliphatic carbocycles. The van der Waals surface area contributed by atoms with Gasteiger partial charge in [-0.1, -0.05) is 23.2 Å². The third kappa shape index (κ3) is 1.85. The van der Waals surface area contributed by atoms with Gasteiger partial charge in [0.25, 0.3) is 6.47 Å². The van der Waals surface area contributed by atoms with E-state index in [4.69, 9.17) is 23.2 Å². The van der Waals surface area contributed by atoms with Crippen LogP contribution in [0.4, 0.5) is 0 Å². The summed E-state index contributed by atoms with van der Waals surface area (Å²) in [4.78, 5) is 9.13. The van der Waals surface area contributed by atoms with E-state index in [1.165, 1.54) is 6.20 Å². The molecule has 1 rings (SSSR count). The Bertz CT molecular complexity index is 248. The SMILES string of the molecule is O=COc1cn[nH]c1C(Cl)Cl. The van der Waals surface area contributed by atoms with Crippen molar-refractivity contribution in [2.75, 3.05) is 0 Å². The molecule has 6 heteroatoms. The summed E-state index contributed by atoms with van der Waals surface area (Å²) < 4.78 is 4.50. The maximum atomic E-state index is 9.90. The van der Waals surface area contributed by atoms with E-state index in [0.717, 1.165) is 0 Å². The fourth-order valence-corrected chi connectivity index (χ4v) is 0.900. The number of hydrogen-bond acceptors (Lipinski definition) is 3. The quantitative estimate of drug-likeness (QED) is 0.586. The number of carbonyl (C=O) groups excluding carboxylic acids is 1. The molecular weight excluding hydrogens is 191 g/mol. The number of hydrogen-bond donors (Lipinski definition) is 1. The lowest BCUT2D eigenvalue weighted by Gasteiger charge is -1.98. The van der Waals surface area contributed by atoms with Gasteiger partial charge in [0, 0.05) is 0 Å². The lowest BCUT2D eigenvalue weighted by atomic mass is 10.4. The second-order valence-corrected chi connectivity index (χ2v) is 2.76. The van der Waals surface area contributed by atoms with Crippen molar-refractivity contribution >= 4 is 29.7 Å². The van der Waals surface area contributed by atoms with Gasteiger partial charge < -0.3 is 4.74 Å². The molecule has 11 heavy (non-hydrogen) atoms. The summed E-state index contributed by atoms with van der Waals surface area (Å²) in [6.45, 7) is 0.282. The highest BCUT2D eigenvalue weighted by Crippen LogP contribution is 2.29. The van der Waals surface area contributed by atoms with Gasteiger partial charge in [-0.05, 0) is 0 Å². The van der Waals surface area contributed by atoms with Crippen LogP contribution in [-0.4, -0.2) is 16.7 Å². The topological polar surface area (TPSA) is 55.0 Å². The highest BCUT2D eigenvalue weighted by atomic mass is 35.5. The zero-order valence-electron chi connectivity index (χ0n) is 5.25. The number of nitrogens with zero attached hydrogens (tertiary/aromatic N) is 1. The predicted molar refractivity (Wildman–Crippen MR) is 39.7 cm³/mol. The molecule has 0 unspecified atom stereocenters. The average molecular weight is 195 g/mol. The van der Waals surface area contributed by atoms with E-state index in [1.54, 1.807) is 0 Å². The first-order valence-electron chi connectivity index (χ1n) is 2.67. The largest absolute Gasteiger partial charge is 0.425 e. The number of aromatic nitrogens is 2. The summed E-state index contributed by atoms with van der Waals surface area (Å²) in [5, 5.41) is 6.08. The Morgan fingerprint density at radius 3 is 3.00 bits per heavy atom. The van der Waals surface area contributed by atoms with Gasteiger partial charge in [-0.25, -0.2) is 0 Å². The van der Waals surface area contributed by atoms with Crippen molar-refractivity contribution in [1.29, 1.82) is 0 Å². The molecule has 60 valence electrons. The molecule has 1 aromatic heterocycles. The van der Waals surface area contributed by atoms with Crippen LogP contribution in [0.25, 0.3) is 0 Å². The maximum Gasteiger partial charge on any atom is 0.298 e. The van der Waals surface area contributed by atoms with E-state index in [1.807, 2.05) is 0 Å². The molecule has 0 atom stereocenters. The van der Waals surface area contributed by atoms with E-state index in [9.17, 15) is 4.79 Å². The summed E-state index contributed by atoms with van der Waals surface area (Å²) in [6.07, 6.45) is 1.32. The van der Waals surface area contributed by atoms with Crippen molar-refractivity contribution in [3.05, 3.63) is 11.9 Å². The van der Waals surface area contributed by atoms with Crippen LogP contribution in [0.15, 0.2) is 6.20 Å². The molecule has 0 bridgehead atoms. The first-order chi connectivity index (χ1) is 5.25. The van der Waals surface area contributed by atoms with E-state index >= 15 is 0 Å². The van der Waals surface area contributed by atoms with Gasteiger partial charge in [-0.3, -0.25) is 9.89 Å². The summed E-state index contributed by atoms with van der Waals surface area (Å²) in [6, 6.07) is 0. The van der Waals surface area contributed by atoms with Crippen molar-refractivity contribution in [2.24, 2.45) is 0 Å². The van der Waals surface area contributed by atoms with Crippen LogP contribution in [0.3, 0.4) is 0 Å². The maximum absolute atomic E-state index is 9.90. The molecule has 0 fully saturated rings. The molecule has 1 aromatic rings. The Morgan fingerprint density at radius 2 is 2.45 bits per heavy atom. The van der Waals surface area contributed by atoms with Crippen LogP contribution < -0.4 is 4.74 Å². The van der Waals surface area contributed by atoms with Crippen molar-refractivity contribution in [3.63, 3.8) is 0 Å². The minimum absolute atomic E-state index is 0.245. The Labute approximate surface area is 72.4 Å². The third-order valence-corrected chi connectivity index (χ3v) is 1.46. The Hall–Kier alpha value is -0.740. The van der Waals surface area contributed by atoms with Crippen molar-refractivity contribution < 1.29 is 9.53 Å². The summed E-state index contributed by atoms with van der Waals surface area (Å²) in [7, 11) is 0. The molecule has 0 radical (unpaired) electrons. The Kier molecular flexibility index (Phi) is 2.73. The molecule has 0 saturated heterocycles. The molecule has 0 amide bonds. The van der Waals surface area contributed by atoms with Gasteiger partial charge in [0.2, 0.25) is 0 Å². The molecule has 0 aliphatic rings. The zero-order chi connectivity index (χ0) is 8.27. The fourth-order valence-electron chi connectivity index (χ4n) is 0.587. The van der Waals surface area contributed by atoms with Crippen LogP contribution >= 0.6 is 23.2 Å². The van der Waals surface area contributed by atoms with Gasteiger partial charge in [0.1, 0.15) is 5.69 Å². The summed E-state index contributed by atoms with van der Waals surface area (Å²) in [5.41, 5.74) is 0.375. The number of halogens is 2. The molecule has 4 nitrogen and oxygen atoms in total. The molecule has 1 heterocycles. The lowest BCUT2D eigenvalue weighted by Crippen LogP contribution is -1.91. The van der Waals surface area contributed by atoms with Crippen LogP contribution in [-0.2, 0) is 4.79 Å². The zero-order valence-corrected chi connectivity index (χ0v) is 6.76. The minimum Gasteiger partial charge on any atom is -0.425 e. The van der Waals surface area contributed by atoms with Gasteiger partial charge in [-0.15, -0.1) is 0 Å². The van der Waals surface area contributed by atoms with Gasteiger partial charge in [-0.2, -0.15) is 5.10 Å². The molecular formula is C5H4Cl2N2O2. The number of nitrogens with one attached hydrogen (secondary N) is 1. The van der Waals surface area contributed by atoms with Gasteiger partial charge in [0.15, 0.2) is 10.6 Å². The second-order valence-electron chi connectivity index (χ2n) is 1.66. The fraction of sp³-hybridized carbons (Fsp3) is 0.200. The van der Waals surface area contributed by atoms with E-state index in [2.05, 4.69) is 14.9 Å². The van der Waals surface area contributed by atoms with E-state index in [0.29, 0.717) is 5.69 Å². The number of alkyl halides is 2. The van der Waals surface area contributed by atoms with Crippen LogP contribution in [0.1, 0.15) is 10.5 Å². The number of aromatic amines is 1. The van der Waals surface area contributed by atoms with Crippen molar-refractivity contribution in [1.82, 2.24) is 10.2 Å². The molecule has 0 aromatic carbocycles. The smallest absolute Gasteiger partial charge is 0.298 e. The number of rotatable bonds is 3. The first kappa shape index (κ1) is 8.36. The van der Waals surface area contributed by atoms with Gasteiger partial charge in [0.05, 0.1) is 6.20 Å². The third-order valence-electron chi connectivity index (χ3n) is 1.03. The normalized spacial score (nSPS) is 10.1. The second kappa shape index (κ2) is 3.59. The summed E-state index contributed by atoms with van der Waals surface area (Å²) in [5.74, 6) is 0.245. The van der Waals surface area contributed by atoms with Crippen LogP contribution in [0.5, 0.6) is 5.75 Å². The number of carbonyl (C=O) groups is 1. The van der Waals surface area contributed by atoms with Gasteiger partial charge >= 0.3 is 0 Å². The highest BCUT2D eigenvalue weighted by molar-refractivity contribution is 6.44. The Morgan fingerprint density at radius 1 is 1.73 bits per heavy atom. The highest BCUT2D eigenvalue weighted by Gasteiger charge is 2.12. The molecule has 0 saturated carbocycles. The molecule has 0 spiro atoms. The van der Waals surface area contributed by atoms with Crippen LogP contribution in [0, 0.1) is 0 Å². The van der Waals surface area contributed by atoms with Crippen LogP contribution in [0.2, 0.25) is 0 Å². The molecule has 0 aliphatic heterocycles. The summed E-state index contributed by atoms with van der Waals surface area (Å²) >= 11 is 11.0.